The van der Waals surface area contributed by atoms with E-state index in [1.54, 1.807) is 29.2 Å². The average Bonchev–Trinajstić information content (AvgIpc) is 3.41. The molecule has 31 heavy (non-hydrogen) atoms. The van der Waals surface area contributed by atoms with Crippen LogP contribution in [0.1, 0.15) is 46.1 Å². The van der Waals surface area contributed by atoms with Crippen LogP contribution in [0.3, 0.4) is 0 Å². The Morgan fingerprint density at radius 1 is 1.13 bits per heavy atom. The van der Waals surface area contributed by atoms with Crippen LogP contribution in [0.5, 0.6) is 0 Å². The minimum Gasteiger partial charge on any atom is -0.447 e. The molecule has 2 amide bonds. The fourth-order valence-corrected chi connectivity index (χ4v) is 4.32. The number of amides is 2. The Labute approximate surface area is 180 Å². The molecule has 0 radical (unpaired) electrons. The minimum absolute atomic E-state index is 0.0472. The highest BCUT2D eigenvalue weighted by molar-refractivity contribution is 5.96. The number of rotatable bonds is 5. The number of carbonyl (C=O) groups excluding carboxylic acids is 2. The Morgan fingerprint density at radius 3 is 2.68 bits per heavy atom. The van der Waals surface area contributed by atoms with Crippen molar-refractivity contribution in [3.8, 4) is 0 Å². The van der Waals surface area contributed by atoms with E-state index in [9.17, 15) is 9.59 Å². The van der Waals surface area contributed by atoms with Gasteiger partial charge in [-0.25, -0.2) is 4.79 Å². The van der Waals surface area contributed by atoms with Crippen molar-refractivity contribution in [1.29, 1.82) is 0 Å². The van der Waals surface area contributed by atoms with Crippen molar-refractivity contribution in [2.45, 2.75) is 31.8 Å². The number of anilines is 1. The maximum absolute atomic E-state index is 12.9. The summed E-state index contributed by atoms with van der Waals surface area (Å²) in [7, 11) is 0. The van der Waals surface area contributed by atoms with Crippen molar-refractivity contribution in [2.75, 3.05) is 18.1 Å². The van der Waals surface area contributed by atoms with E-state index in [1.807, 2.05) is 29.1 Å². The number of carbonyl (C=O) groups is 2. The van der Waals surface area contributed by atoms with Crippen LogP contribution in [-0.2, 0) is 17.7 Å². The number of aromatic nitrogens is 2. The molecule has 1 aliphatic carbocycles. The summed E-state index contributed by atoms with van der Waals surface area (Å²) in [6.45, 7) is 1.66. The van der Waals surface area contributed by atoms with Gasteiger partial charge in [-0.2, -0.15) is 5.10 Å². The lowest BCUT2D eigenvalue weighted by Gasteiger charge is -2.24. The van der Waals surface area contributed by atoms with Gasteiger partial charge in [-0.05, 0) is 49.1 Å². The van der Waals surface area contributed by atoms with E-state index >= 15 is 0 Å². The molecule has 1 fully saturated rings. The molecule has 1 atom stereocenters. The largest absolute Gasteiger partial charge is 0.447 e. The van der Waals surface area contributed by atoms with Crippen molar-refractivity contribution in [1.82, 2.24) is 15.1 Å². The Hall–Kier alpha value is -3.61. The molecule has 158 valence electrons. The van der Waals surface area contributed by atoms with Gasteiger partial charge < -0.3 is 10.1 Å². The van der Waals surface area contributed by atoms with Crippen LogP contribution in [0.25, 0.3) is 0 Å². The lowest BCUT2D eigenvalue weighted by Crippen LogP contribution is -2.31. The number of nitrogens with one attached hydrogen (secondary N) is 1. The summed E-state index contributed by atoms with van der Waals surface area (Å²) >= 11 is 0. The summed E-state index contributed by atoms with van der Waals surface area (Å²) in [6, 6.07) is 17.3. The zero-order valence-corrected chi connectivity index (χ0v) is 17.2. The minimum atomic E-state index is -0.348. The summed E-state index contributed by atoms with van der Waals surface area (Å²) in [5.41, 5.74) is 4.82. The monoisotopic (exact) mass is 416 g/mol. The molecular weight excluding hydrogens is 392 g/mol. The van der Waals surface area contributed by atoms with Gasteiger partial charge in [0, 0.05) is 22.5 Å². The highest BCUT2D eigenvalue weighted by Crippen LogP contribution is 2.30. The second-order valence-electron chi connectivity index (χ2n) is 7.92. The third kappa shape index (κ3) is 3.91. The van der Waals surface area contributed by atoms with Gasteiger partial charge in [-0.15, -0.1) is 0 Å². The second kappa shape index (κ2) is 8.26. The van der Waals surface area contributed by atoms with E-state index in [0.29, 0.717) is 18.7 Å². The number of cyclic esters (lactones) is 1. The predicted octanol–water partition coefficient (Wildman–Crippen LogP) is 3.70. The molecule has 7 nitrogen and oxygen atoms in total. The number of hydrogen-bond acceptors (Lipinski definition) is 4. The second-order valence-corrected chi connectivity index (χ2v) is 7.92. The van der Waals surface area contributed by atoms with Gasteiger partial charge in [0.2, 0.25) is 0 Å². The molecular formula is C24H24N4O3. The first-order valence-electron chi connectivity index (χ1n) is 10.6. The molecule has 5 rings (SSSR count). The van der Waals surface area contributed by atoms with Crippen molar-refractivity contribution >= 4 is 17.7 Å². The van der Waals surface area contributed by atoms with Crippen LogP contribution in [0.2, 0.25) is 0 Å². The standard InChI is InChI=1S/C24H24N4O3/c29-23(18-9-11-19(12-10-18)27-13-14-31-24(27)30)26-21-7-4-8-22-20(21)15-25-28(22)16-17-5-2-1-3-6-17/h1-3,5-6,9-12,15,21H,4,7-8,13-14,16H2,(H,26,29). The maximum atomic E-state index is 12.9. The molecule has 0 saturated carbocycles. The van der Waals surface area contributed by atoms with Gasteiger partial charge in [0.1, 0.15) is 6.61 Å². The van der Waals surface area contributed by atoms with Gasteiger partial charge in [0.05, 0.1) is 25.3 Å². The lowest BCUT2D eigenvalue weighted by atomic mass is 9.92. The van der Waals surface area contributed by atoms with E-state index in [0.717, 1.165) is 37.1 Å². The van der Waals surface area contributed by atoms with Gasteiger partial charge >= 0.3 is 6.09 Å². The normalized spacial score (nSPS) is 17.9. The highest BCUT2D eigenvalue weighted by atomic mass is 16.6. The van der Waals surface area contributed by atoms with Crippen molar-refractivity contribution < 1.29 is 14.3 Å². The molecule has 0 spiro atoms. The van der Waals surface area contributed by atoms with Crippen LogP contribution in [0.4, 0.5) is 10.5 Å². The Balaban J connectivity index is 1.29. The van der Waals surface area contributed by atoms with Crippen LogP contribution in [-0.4, -0.2) is 34.9 Å². The number of nitrogens with zero attached hydrogens (tertiary/aromatic N) is 3. The Kier molecular flexibility index (Phi) is 5.16. The number of fused-ring (bicyclic) bond motifs is 1. The summed E-state index contributed by atoms with van der Waals surface area (Å²) in [6.07, 6.45) is 4.42. The molecule has 2 aliphatic rings. The summed E-state index contributed by atoms with van der Waals surface area (Å²) < 4.78 is 7.02. The SMILES string of the molecule is O=C(NC1CCCc2c1cnn2Cc1ccccc1)c1ccc(N2CCOC2=O)cc1. The molecule has 1 saturated heterocycles. The molecule has 1 unspecified atom stereocenters. The topological polar surface area (TPSA) is 76.5 Å². The van der Waals surface area contributed by atoms with E-state index in [1.165, 1.54) is 11.3 Å². The number of hydrogen-bond donors (Lipinski definition) is 1. The van der Waals surface area contributed by atoms with Crippen molar-refractivity contribution in [3.63, 3.8) is 0 Å². The molecule has 1 aromatic heterocycles. The molecule has 0 bridgehead atoms. The van der Waals surface area contributed by atoms with Crippen LogP contribution in [0.15, 0.2) is 60.8 Å². The zero-order valence-electron chi connectivity index (χ0n) is 17.2. The van der Waals surface area contributed by atoms with Crippen LogP contribution >= 0.6 is 0 Å². The molecule has 7 heteroatoms. The quantitative estimate of drug-likeness (QED) is 0.688. The molecule has 1 N–H and O–H groups in total. The fourth-order valence-electron chi connectivity index (χ4n) is 4.32. The lowest BCUT2D eigenvalue weighted by molar-refractivity contribution is 0.0932. The first-order chi connectivity index (χ1) is 15.2. The van der Waals surface area contributed by atoms with Crippen LogP contribution < -0.4 is 10.2 Å². The maximum Gasteiger partial charge on any atom is 0.414 e. The smallest absolute Gasteiger partial charge is 0.414 e. The van der Waals surface area contributed by atoms with E-state index in [-0.39, 0.29) is 18.0 Å². The molecule has 3 aromatic rings. The summed E-state index contributed by atoms with van der Waals surface area (Å²) in [5.74, 6) is -0.121. The van der Waals surface area contributed by atoms with Gasteiger partial charge in [0.25, 0.3) is 5.91 Å². The highest BCUT2D eigenvalue weighted by Gasteiger charge is 2.27. The third-order valence-corrected chi connectivity index (χ3v) is 5.95. The van der Waals surface area contributed by atoms with Crippen molar-refractivity contribution in [2.24, 2.45) is 0 Å². The van der Waals surface area contributed by atoms with Crippen molar-refractivity contribution in [3.05, 3.63) is 83.2 Å². The molecule has 1 aliphatic heterocycles. The Morgan fingerprint density at radius 2 is 1.94 bits per heavy atom. The average molecular weight is 416 g/mol. The first-order valence-corrected chi connectivity index (χ1v) is 10.6. The molecule has 2 heterocycles. The van der Waals surface area contributed by atoms with Gasteiger partial charge in [-0.1, -0.05) is 30.3 Å². The van der Waals surface area contributed by atoms with Gasteiger partial charge in [-0.3, -0.25) is 14.4 Å². The fraction of sp³-hybridized carbons (Fsp3) is 0.292. The van der Waals surface area contributed by atoms with E-state index in [4.69, 9.17) is 4.74 Å². The zero-order chi connectivity index (χ0) is 21.2. The van der Waals surface area contributed by atoms with E-state index in [2.05, 4.69) is 22.5 Å². The first kappa shape index (κ1) is 19.4. The predicted molar refractivity (Wildman–Crippen MR) is 116 cm³/mol. The van der Waals surface area contributed by atoms with Crippen LogP contribution in [0, 0.1) is 0 Å². The van der Waals surface area contributed by atoms with Gasteiger partial charge in [0.15, 0.2) is 0 Å². The van der Waals surface area contributed by atoms with E-state index < -0.39 is 0 Å². The Bertz CT molecular complexity index is 1090. The third-order valence-electron chi connectivity index (χ3n) is 5.95. The number of ether oxygens (including phenoxy) is 1. The number of benzene rings is 2. The summed E-state index contributed by atoms with van der Waals surface area (Å²) in [5, 5.41) is 7.77. The summed E-state index contributed by atoms with van der Waals surface area (Å²) in [4.78, 5) is 26.1. The molecule has 2 aromatic carbocycles.